The molecule has 94 valence electrons. The second kappa shape index (κ2) is 6.25. The van der Waals surface area contributed by atoms with Crippen molar-refractivity contribution in [3.8, 4) is 5.75 Å². The smallest absolute Gasteiger partial charge is 0.227 e. The minimum Gasteiger partial charge on any atom is -0.496 e. The lowest BCUT2D eigenvalue weighted by atomic mass is 10.1. The second-order valence-corrected chi connectivity index (χ2v) is 4.15. The molecule has 0 saturated carbocycles. The summed E-state index contributed by atoms with van der Waals surface area (Å²) in [5, 5.41) is 2.87. The molecule has 4 nitrogen and oxygen atoms in total. The van der Waals surface area contributed by atoms with E-state index in [1.54, 1.807) is 7.11 Å². The average molecular weight is 236 g/mol. The fourth-order valence-electron chi connectivity index (χ4n) is 1.60. The molecule has 0 bridgehead atoms. The number of rotatable bonds is 5. The van der Waals surface area contributed by atoms with Crippen molar-refractivity contribution in [3.63, 3.8) is 0 Å². The van der Waals surface area contributed by atoms with Gasteiger partial charge in [0.15, 0.2) is 0 Å². The minimum absolute atomic E-state index is 0.0000156. The highest BCUT2D eigenvalue weighted by Crippen LogP contribution is 2.21. The lowest BCUT2D eigenvalue weighted by Gasteiger charge is -2.12. The first kappa shape index (κ1) is 13.5. The summed E-state index contributed by atoms with van der Waals surface area (Å²) in [6.07, 6.45) is 0.695. The Morgan fingerprint density at radius 3 is 2.76 bits per heavy atom. The lowest BCUT2D eigenvalue weighted by Crippen LogP contribution is -2.22. The van der Waals surface area contributed by atoms with Gasteiger partial charge in [-0.1, -0.05) is 6.92 Å². The van der Waals surface area contributed by atoms with Crippen molar-refractivity contribution >= 4 is 11.6 Å². The highest BCUT2D eigenvalue weighted by atomic mass is 16.5. The largest absolute Gasteiger partial charge is 0.496 e. The zero-order valence-corrected chi connectivity index (χ0v) is 10.6. The Balaban J connectivity index is 2.69. The molecule has 0 fully saturated rings. The van der Waals surface area contributed by atoms with Crippen molar-refractivity contribution in [2.24, 2.45) is 11.7 Å². The zero-order chi connectivity index (χ0) is 12.8. The molecule has 0 aromatic heterocycles. The third kappa shape index (κ3) is 3.75. The first-order chi connectivity index (χ1) is 8.08. The van der Waals surface area contributed by atoms with Crippen LogP contribution in [0.1, 0.15) is 18.9 Å². The molecule has 1 amide bonds. The molecular weight excluding hydrogens is 216 g/mol. The van der Waals surface area contributed by atoms with Gasteiger partial charge in [0, 0.05) is 11.6 Å². The van der Waals surface area contributed by atoms with Crippen LogP contribution in [0.25, 0.3) is 0 Å². The van der Waals surface area contributed by atoms with E-state index in [1.807, 2.05) is 32.0 Å². The molecule has 4 heteroatoms. The monoisotopic (exact) mass is 236 g/mol. The molecule has 0 aliphatic heterocycles. The number of hydrogen-bond donors (Lipinski definition) is 2. The summed E-state index contributed by atoms with van der Waals surface area (Å²) >= 11 is 0. The van der Waals surface area contributed by atoms with E-state index >= 15 is 0 Å². The third-order valence-corrected chi connectivity index (χ3v) is 2.71. The summed E-state index contributed by atoms with van der Waals surface area (Å²) in [4.78, 5) is 11.8. The highest BCUT2D eigenvalue weighted by molar-refractivity contribution is 5.92. The molecule has 0 aliphatic carbocycles. The van der Waals surface area contributed by atoms with Crippen LogP contribution in [-0.4, -0.2) is 19.6 Å². The Labute approximate surface area is 102 Å². The van der Waals surface area contributed by atoms with E-state index < -0.39 is 0 Å². The van der Waals surface area contributed by atoms with E-state index in [9.17, 15) is 4.79 Å². The van der Waals surface area contributed by atoms with Crippen LogP contribution in [0.2, 0.25) is 0 Å². The molecule has 0 heterocycles. The number of amides is 1. The Kier molecular flexibility index (Phi) is 4.97. The van der Waals surface area contributed by atoms with Crippen molar-refractivity contribution in [1.82, 2.24) is 0 Å². The Bertz CT molecular complexity index is 391. The van der Waals surface area contributed by atoms with E-state index in [0.717, 1.165) is 17.0 Å². The van der Waals surface area contributed by atoms with Crippen LogP contribution in [-0.2, 0) is 4.79 Å². The number of ether oxygens (including phenoxy) is 1. The lowest BCUT2D eigenvalue weighted by molar-refractivity contribution is -0.119. The first-order valence-electron chi connectivity index (χ1n) is 5.74. The van der Waals surface area contributed by atoms with Gasteiger partial charge >= 0.3 is 0 Å². The van der Waals surface area contributed by atoms with Crippen LogP contribution in [0.4, 0.5) is 5.69 Å². The molecule has 0 radical (unpaired) electrons. The molecule has 1 unspecified atom stereocenters. The topological polar surface area (TPSA) is 64.3 Å². The normalized spacial score (nSPS) is 12.0. The number of carbonyl (C=O) groups is 1. The molecule has 1 aromatic rings. The van der Waals surface area contributed by atoms with Gasteiger partial charge in [-0.25, -0.2) is 0 Å². The number of methoxy groups -OCH3 is 1. The van der Waals surface area contributed by atoms with Crippen molar-refractivity contribution in [2.75, 3.05) is 19.0 Å². The molecule has 0 saturated heterocycles. The standard InChI is InChI=1S/C13H20N2O2/c1-9(6-7-14)13(16)15-11-4-5-12(17-3)10(2)8-11/h4-5,8-9H,6-7,14H2,1-3H3,(H,15,16). The Hall–Kier alpha value is -1.55. The van der Waals surface area contributed by atoms with E-state index in [2.05, 4.69) is 5.32 Å². The van der Waals surface area contributed by atoms with Gasteiger partial charge in [0.1, 0.15) is 5.75 Å². The second-order valence-electron chi connectivity index (χ2n) is 4.15. The van der Waals surface area contributed by atoms with Gasteiger partial charge in [0.05, 0.1) is 7.11 Å². The zero-order valence-electron chi connectivity index (χ0n) is 10.6. The third-order valence-electron chi connectivity index (χ3n) is 2.71. The number of anilines is 1. The summed E-state index contributed by atoms with van der Waals surface area (Å²) in [7, 11) is 1.63. The molecule has 1 atom stereocenters. The molecule has 3 N–H and O–H groups in total. The SMILES string of the molecule is COc1ccc(NC(=O)C(C)CCN)cc1C. The minimum atomic E-state index is -0.0672. The molecular formula is C13H20N2O2. The van der Waals surface area contributed by atoms with Crippen LogP contribution in [0.3, 0.4) is 0 Å². The number of hydrogen-bond acceptors (Lipinski definition) is 3. The summed E-state index contributed by atoms with van der Waals surface area (Å²) in [6, 6.07) is 5.57. The van der Waals surface area contributed by atoms with Crippen molar-refractivity contribution in [1.29, 1.82) is 0 Å². The first-order valence-corrected chi connectivity index (χ1v) is 5.74. The number of carbonyl (C=O) groups excluding carboxylic acids is 1. The van der Waals surface area contributed by atoms with Crippen LogP contribution < -0.4 is 15.8 Å². The van der Waals surface area contributed by atoms with E-state index in [-0.39, 0.29) is 11.8 Å². The van der Waals surface area contributed by atoms with Gasteiger partial charge in [-0.3, -0.25) is 4.79 Å². The van der Waals surface area contributed by atoms with E-state index in [0.29, 0.717) is 13.0 Å². The highest BCUT2D eigenvalue weighted by Gasteiger charge is 2.12. The molecule has 0 aliphatic rings. The molecule has 1 rings (SSSR count). The maximum atomic E-state index is 11.8. The van der Waals surface area contributed by atoms with Crippen molar-refractivity contribution < 1.29 is 9.53 Å². The van der Waals surface area contributed by atoms with Crippen LogP contribution in [0, 0.1) is 12.8 Å². The number of benzene rings is 1. The fraction of sp³-hybridized carbons (Fsp3) is 0.462. The van der Waals surface area contributed by atoms with Gasteiger partial charge < -0.3 is 15.8 Å². The molecule has 1 aromatic carbocycles. The molecule has 17 heavy (non-hydrogen) atoms. The van der Waals surface area contributed by atoms with E-state index in [1.165, 1.54) is 0 Å². The average Bonchev–Trinajstić information content (AvgIpc) is 2.29. The molecule has 0 spiro atoms. The number of nitrogens with two attached hydrogens (primary N) is 1. The van der Waals surface area contributed by atoms with Crippen LogP contribution in [0.5, 0.6) is 5.75 Å². The van der Waals surface area contributed by atoms with Crippen LogP contribution >= 0.6 is 0 Å². The van der Waals surface area contributed by atoms with Gasteiger partial charge in [0.25, 0.3) is 0 Å². The maximum absolute atomic E-state index is 11.8. The number of aryl methyl sites for hydroxylation is 1. The maximum Gasteiger partial charge on any atom is 0.227 e. The van der Waals surface area contributed by atoms with Gasteiger partial charge in [-0.05, 0) is 43.7 Å². The van der Waals surface area contributed by atoms with Gasteiger partial charge in [-0.15, -0.1) is 0 Å². The Morgan fingerprint density at radius 1 is 1.53 bits per heavy atom. The summed E-state index contributed by atoms with van der Waals surface area (Å²) in [5.41, 5.74) is 7.21. The predicted molar refractivity (Wildman–Crippen MR) is 69.2 cm³/mol. The van der Waals surface area contributed by atoms with Gasteiger partial charge in [-0.2, -0.15) is 0 Å². The Morgan fingerprint density at radius 2 is 2.24 bits per heavy atom. The number of nitrogens with one attached hydrogen (secondary N) is 1. The summed E-state index contributed by atoms with van der Waals surface area (Å²) < 4.78 is 5.16. The van der Waals surface area contributed by atoms with Crippen molar-refractivity contribution in [2.45, 2.75) is 20.3 Å². The summed E-state index contributed by atoms with van der Waals surface area (Å²) in [5.74, 6) is 0.750. The quantitative estimate of drug-likeness (QED) is 0.821. The van der Waals surface area contributed by atoms with Crippen LogP contribution in [0.15, 0.2) is 18.2 Å². The summed E-state index contributed by atoms with van der Waals surface area (Å²) in [6.45, 7) is 4.34. The van der Waals surface area contributed by atoms with E-state index in [4.69, 9.17) is 10.5 Å². The predicted octanol–water partition coefficient (Wildman–Crippen LogP) is 1.93. The van der Waals surface area contributed by atoms with Crippen molar-refractivity contribution in [3.05, 3.63) is 23.8 Å². The van der Waals surface area contributed by atoms with Gasteiger partial charge in [0.2, 0.25) is 5.91 Å². The fourth-order valence-corrected chi connectivity index (χ4v) is 1.60.